The summed E-state index contributed by atoms with van der Waals surface area (Å²) in [5.74, 6) is 1.44. The van der Waals surface area contributed by atoms with E-state index in [1.54, 1.807) is 0 Å². The molecule has 0 saturated heterocycles. The van der Waals surface area contributed by atoms with Gasteiger partial charge in [0, 0.05) is 6.04 Å². The number of carbonyl (C=O) groups excluding carboxylic acids is 1. The fraction of sp³-hybridized carbons (Fsp3) is 0.450. The first-order chi connectivity index (χ1) is 14.3. The van der Waals surface area contributed by atoms with Crippen molar-refractivity contribution in [2.24, 2.45) is 0 Å². The minimum atomic E-state index is -0.372. The van der Waals surface area contributed by atoms with Crippen LogP contribution in [0.25, 0.3) is 0 Å². The van der Waals surface area contributed by atoms with Gasteiger partial charge >= 0.3 is 0 Å². The molecule has 1 amide bonds. The Hall–Kier alpha value is -2.46. The number of aryl methyl sites for hydroxylation is 3. The molecule has 0 bridgehead atoms. The Morgan fingerprint density at radius 1 is 1.13 bits per heavy atom. The standard InChI is InChI=1S/C20H26N6O2S2/c1-11(2)26-16(10-28-17-12(3)8-7-9-13(17)4)23-25-20(26)29-14(5)18(27)21-19-24-22-15(6)30-19/h7-9,11,14H,10H2,1-6H3,(H,21,24,27)/t14-/m1/s1. The van der Waals surface area contributed by atoms with Crippen molar-refractivity contribution in [3.8, 4) is 5.75 Å². The maximum Gasteiger partial charge on any atom is 0.239 e. The second kappa shape index (κ2) is 9.57. The summed E-state index contributed by atoms with van der Waals surface area (Å²) in [6, 6.07) is 6.19. The number of hydrogen-bond donors (Lipinski definition) is 1. The number of amides is 1. The Kier molecular flexibility index (Phi) is 7.09. The Morgan fingerprint density at radius 3 is 2.43 bits per heavy atom. The average molecular weight is 447 g/mol. The van der Waals surface area contributed by atoms with E-state index in [-0.39, 0.29) is 17.2 Å². The van der Waals surface area contributed by atoms with Gasteiger partial charge in [0.15, 0.2) is 11.0 Å². The third-order valence-corrected chi connectivity index (χ3v) is 6.22. The van der Waals surface area contributed by atoms with Crippen LogP contribution in [0.1, 0.15) is 48.8 Å². The van der Waals surface area contributed by atoms with E-state index >= 15 is 0 Å². The molecule has 0 spiro atoms. The van der Waals surface area contributed by atoms with Gasteiger partial charge in [0.25, 0.3) is 0 Å². The molecular formula is C20H26N6O2S2. The van der Waals surface area contributed by atoms with Gasteiger partial charge in [0.2, 0.25) is 11.0 Å². The van der Waals surface area contributed by atoms with Crippen LogP contribution in [0.4, 0.5) is 5.13 Å². The van der Waals surface area contributed by atoms with Gasteiger partial charge in [-0.3, -0.25) is 10.1 Å². The summed E-state index contributed by atoms with van der Waals surface area (Å²) in [7, 11) is 0. The number of benzene rings is 1. The second-order valence-electron chi connectivity index (χ2n) is 7.25. The van der Waals surface area contributed by atoms with Crippen molar-refractivity contribution in [1.82, 2.24) is 25.0 Å². The highest BCUT2D eigenvalue weighted by molar-refractivity contribution is 8.00. The molecule has 2 aromatic heterocycles. The normalized spacial score (nSPS) is 12.2. The van der Waals surface area contributed by atoms with Gasteiger partial charge in [-0.1, -0.05) is 41.3 Å². The van der Waals surface area contributed by atoms with Crippen molar-refractivity contribution < 1.29 is 9.53 Å². The predicted octanol–water partition coefficient (Wildman–Crippen LogP) is 4.33. The maximum atomic E-state index is 12.5. The van der Waals surface area contributed by atoms with Gasteiger partial charge in [-0.25, -0.2) is 0 Å². The lowest BCUT2D eigenvalue weighted by molar-refractivity contribution is -0.115. The van der Waals surface area contributed by atoms with Crippen LogP contribution in [0, 0.1) is 20.8 Å². The topological polar surface area (TPSA) is 94.8 Å². The first-order valence-electron chi connectivity index (χ1n) is 9.66. The molecule has 0 radical (unpaired) electrons. The largest absolute Gasteiger partial charge is 0.485 e. The van der Waals surface area contributed by atoms with Gasteiger partial charge in [-0.05, 0) is 52.7 Å². The van der Waals surface area contributed by atoms with Crippen LogP contribution in [0.3, 0.4) is 0 Å². The molecule has 1 aromatic carbocycles. The molecule has 0 fully saturated rings. The Bertz CT molecular complexity index is 1010. The lowest BCUT2D eigenvalue weighted by Gasteiger charge is -2.17. The maximum absolute atomic E-state index is 12.5. The highest BCUT2D eigenvalue weighted by Gasteiger charge is 2.22. The molecule has 2 heterocycles. The van der Waals surface area contributed by atoms with Crippen molar-refractivity contribution in [1.29, 1.82) is 0 Å². The third-order valence-electron chi connectivity index (χ3n) is 4.41. The fourth-order valence-corrected chi connectivity index (χ4v) is 4.53. The Labute approximate surface area is 184 Å². The molecule has 0 aliphatic heterocycles. The van der Waals surface area contributed by atoms with Gasteiger partial charge in [0.05, 0.1) is 5.25 Å². The number of rotatable bonds is 8. The molecule has 30 heavy (non-hydrogen) atoms. The molecular weight excluding hydrogens is 420 g/mol. The number of ether oxygens (including phenoxy) is 1. The first kappa shape index (κ1) is 22.2. The summed E-state index contributed by atoms with van der Waals surface area (Å²) in [6.07, 6.45) is 0. The summed E-state index contributed by atoms with van der Waals surface area (Å²) in [6.45, 7) is 12.2. The molecule has 0 unspecified atom stereocenters. The Balaban J connectivity index is 1.71. The third kappa shape index (κ3) is 5.17. The summed E-state index contributed by atoms with van der Waals surface area (Å²) in [5, 5.41) is 20.9. The number of carbonyl (C=O) groups is 1. The molecule has 8 nitrogen and oxygen atoms in total. The number of nitrogens with zero attached hydrogens (tertiary/aromatic N) is 5. The van der Waals surface area contributed by atoms with Crippen molar-refractivity contribution in [2.75, 3.05) is 5.32 Å². The molecule has 0 aliphatic carbocycles. The van der Waals surface area contributed by atoms with Crippen LogP contribution in [-0.2, 0) is 11.4 Å². The highest BCUT2D eigenvalue weighted by atomic mass is 32.2. The summed E-state index contributed by atoms with van der Waals surface area (Å²) in [5.41, 5.74) is 2.16. The molecule has 160 valence electrons. The smallest absolute Gasteiger partial charge is 0.239 e. The monoisotopic (exact) mass is 446 g/mol. The van der Waals surface area contributed by atoms with Crippen LogP contribution in [0.15, 0.2) is 23.4 Å². The van der Waals surface area contributed by atoms with Gasteiger partial charge in [-0.15, -0.1) is 20.4 Å². The lowest BCUT2D eigenvalue weighted by Crippen LogP contribution is -2.23. The quantitative estimate of drug-likeness (QED) is 0.515. The molecule has 0 saturated carbocycles. The van der Waals surface area contributed by atoms with Crippen molar-refractivity contribution >= 4 is 34.1 Å². The molecule has 1 atom stereocenters. The van der Waals surface area contributed by atoms with Gasteiger partial charge < -0.3 is 9.30 Å². The van der Waals surface area contributed by atoms with E-state index in [1.165, 1.54) is 23.1 Å². The Morgan fingerprint density at radius 2 is 1.83 bits per heavy atom. The highest BCUT2D eigenvalue weighted by Crippen LogP contribution is 2.28. The summed E-state index contributed by atoms with van der Waals surface area (Å²) < 4.78 is 8.08. The molecule has 3 aromatic rings. The summed E-state index contributed by atoms with van der Waals surface area (Å²) >= 11 is 2.71. The SMILES string of the molecule is Cc1nnc(NC(=O)[C@@H](C)Sc2nnc(COc3c(C)cccc3C)n2C(C)C)s1. The first-order valence-corrected chi connectivity index (χ1v) is 11.4. The summed E-state index contributed by atoms with van der Waals surface area (Å²) in [4.78, 5) is 12.5. The van der Waals surface area contributed by atoms with Crippen LogP contribution < -0.4 is 10.1 Å². The van der Waals surface area contributed by atoms with E-state index in [0.717, 1.165) is 27.7 Å². The number of nitrogens with one attached hydrogen (secondary N) is 1. The zero-order chi connectivity index (χ0) is 21.8. The van der Waals surface area contributed by atoms with Gasteiger partial charge in [-0.2, -0.15) is 0 Å². The van der Waals surface area contributed by atoms with E-state index in [4.69, 9.17) is 4.74 Å². The zero-order valence-corrected chi connectivity index (χ0v) is 19.6. The molecule has 0 aliphatic rings. The van der Waals surface area contributed by atoms with Crippen LogP contribution in [0.5, 0.6) is 5.75 Å². The van der Waals surface area contributed by atoms with E-state index in [1.807, 2.05) is 50.5 Å². The number of thioether (sulfide) groups is 1. The van der Waals surface area contributed by atoms with Crippen LogP contribution in [0.2, 0.25) is 0 Å². The zero-order valence-electron chi connectivity index (χ0n) is 18.0. The molecule has 3 rings (SSSR count). The fourth-order valence-electron chi connectivity index (χ4n) is 2.93. The molecule has 1 N–H and O–H groups in total. The van der Waals surface area contributed by atoms with Crippen LogP contribution in [-0.4, -0.2) is 36.1 Å². The van der Waals surface area contributed by atoms with E-state index in [9.17, 15) is 4.79 Å². The van der Waals surface area contributed by atoms with Gasteiger partial charge in [0.1, 0.15) is 17.4 Å². The minimum absolute atomic E-state index is 0.125. The predicted molar refractivity (Wildman–Crippen MR) is 119 cm³/mol. The van der Waals surface area contributed by atoms with Crippen molar-refractivity contribution in [3.05, 3.63) is 40.2 Å². The number of aromatic nitrogens is 5. The lowest BCUT2D eigenvalue weighted by atomic mass is 10.1. The minimum Gasteiger partial charge on any atom is -0.485 e. The number of para-hydroxylation sites is 1. The van der Waals surface area contributed by atoms with E-state index in [0.29, 0.717) is 16.9 Å². The average Bonchev–Trinajstić information content (AvgIpc) is 3.27. The molecule has 10 heteroatoms. The number of anilines is 1. The van der Waals surface area contributed by atoms with Crippen LogP contribution >= 0.6 is 23.1 Å². The van der Waals surface area contributed by atoms with Crippen molar-refractivity contribution in [3.63, 3.8) is 0 Å². The van der Waals surface area contributed by atoms with E-state index < -0.39 is 0 Å². The van der Waals surface area contributed by atoms with Crippen molar-refractivity contribution in [2.45, 2.75) is 64.6 Å². The number of hydrogen-bond acceptors (Lipinski definition) is 8. The van der Waals surface area contributed by atoms with E-state index in [2.05, 4.69) is 39.6 Å². The second-order valence-corrected chi connectivity index (χ2v) is 9.74.